The van der Waals surface area contributed by atoms with E-state index in [4.69, 9.17) is 16.6 Å². The number of para-hydroxylation sites is 1. The van der Waals surface area contributed by atoms with E-state index in [1.54, 1.807) is 11.3 Å². The molecule has 2 nitrogen and oxygen atoms in total. The van der Waals surface area contributed by atoms with Gasteiger partial charge in [0.2, 0.25) is 0 Å². The van der Waals surface area contributed by atoms with Crippen LogP contribution in [0, 0.1) is 0 Å². The molecule has 0 aliphatic carbocycles. The molecular formula is C17H17ClN2S. The number of hydrogen-bond donors (Lipinski definition) is 1. The molecule has 1 heterocycles. The number of fused-ring (bicyclic) bond motifs is 1. The van der Waals surface area contributed by atoms with Crippen molar-refractivity contribution in [3.8, 4) is 0 Å². The van der Waals surface area contributed by atoms with Crippen molar-refractivity contribution in [3.05, 3.63) is 64.1 Å². The van der Waals surface area contributed by atoms with E-state index in [9.17, 15) is 0 Å². The summed E-state index contributed by atoms with van der Waals surface area (Å²) in [5.74, 6) is 0. The van der Waals surface area contributed by atoms with Crippen LogP contribution < -0.4 is 5.32 Å². The Bertz CT molecular complexity index is 703. The van der Waals surface area contributed by atoms with Gasteiger partial charge in [0.05, 0.1) is 16.3 Å². The third-order valence-corrected chi connectivity index (χ3v) is 5.02. The first-order valence-electron chi connectivity index (χ1n) is 7.00. The maximum Gasteiger partial charge on any atom is 0.111 e. The molecular weight excluding hydrogens is 300 g/mol. The summed E-state index contributed by atoms with van der Waals surface area (Å²) in [6.45, 7) is 4.32. The molecule has 21 heavy (non-hydrogen) atoms. The van der Waals surface area contributed by atoms with Gasteiger partial charge in [-0.15, -0.1) is 11.3 Å². The molecule has 0 bridgehead atoms. The van der Waals surface area contributed by atoms with Gasteiger partial charge < -0.3 is 5.32 Å². The molecule has 1 aromatic heterocycles. The molecule has 0 spiro atoms. The van der Waals surface area contributed by atoms with Gasteiger partial charge in [0, 0.05) is 11.1 Å². The van der Waals surface area contributed by atoms with Crippen LogP contribution >= 0.6 is 22.9 Å². The Labute approximate surface area is 133 Å². The van der Waals surface area contributed by atoms with E-state index in [1.807, 2.05) is 18.2 Å². The minimum atomic E-state index is 0.216. The lowest BCUT2D eigenvalue weighted by Crippen LogP contribution is -2.22. The van der Waals surface area contributed by atoms with Crippen LogP contribution in [0.2, 0.25) is 5.02 Å². The minimum absolute atomic E-state index is 0.216. The van der Waals surface area contributed by atoms with Crippen molar-refractivity contribution in [2.24, 2.45) is 0 Å². The standard InChI is InChI=1S/C17H17ClN2S/c1-11(13-7-9-14(18)10-8-13)19-12(2)17-20-15-5-3-4-6-16(15)21-17/h3-12,19H,1-2H3. The van der Waals surface area contributed by atoms with Crippen LogP contribution in [0.15, 0.2) is 48.5 Å². The lowest BCUT2D eigenvalue weighted by molar-refractivity contribution is 0.493. The molecule has 0 amide bonds. The number of nitrogens with zero attached hydrogens (tertiary/aromatic N) is 1. The Balaban J connectivity index is 1.75. The average molecular weight is 317 g/mol. The summed E-state index contributed by atoms with van der Waals surface area (Å²) in [6.07, 6.45) is 0. The van der Waals surface area contributed by atoms with Gasteiger partial charge in [0.25, 0.3) is 0 Å². The SMILES string of the molecule is CC(NC(C)c1nc2ccccc2s1)c1ccc(Cl)cc1. The van der Waals surface area contributed by atoms with E-state index in [2.05, 4.69) is 49.5 Å². The molecule has 3 aromatic rings. The fraction of sp³-hybridized carbons (Fsp3) is 0.235. The highest BCUT2D eigenvalue weighted by atomic mass is 35.5. The maximum absolute atomic E-state index is 5.93. The van der Waals surface area contributed by atoms with Crippen molar-refractivity contribution >= 4 is 33.2 Å². The van der Waals surface area contributed by atoms with Gasteiger partial charge in [-0.05, 0) is 43.7 Å². The first-order valence-corrected chi connectivity index (χ1v) is 8.20. The molecule has 2 aromatic carbocycles. The maximum atomic E-state index is 5.93. The highest BCUT2D eigenvalue weighted by Crippen LogP contribution is 2.28. The molecule has 0 fully saturated rings. The Morgan fingerprint density at radius 3 is 2.43 bits per heavy atom. The molecule has 0 saturated carbocycles. The fourth-order valence-electron chi connectivity index (χ4n) is 2.37. The molecule has 0 saturated heterocycles. The van der Waals surface area contributed by atoms with E-state index in [0.29, 0.717) is 0 Å². The summed E-state index contributed by atoms with van der Waals surface area (Å²) in [5.41, 5.74) is 2.30. The topological polar surface area (TPSA) is 24.9 Å². The Morgan fingerprint density at radius 2 is 1.71 bits per heavy atom. The van der Waals surface area contributed by atoms with E-state index < -0.39 is 0 Å². The zero-order chi connectivity index (χ0) is 14.8. The van der Waals surface area contributed by atoms with Gasteiger partial charge in [-0.1, -0.05) is 35.9 Å². The zero-order valence-electron chi connectivity index (χ0n) is 12.0. The van der Waals surface area contributed by atoms with Crippen molar-refractivity contribution in [1.82, 2.24) is 10.3 Å². The van der Waals surface area contributed by atoms with Crippen molar-refractivity contribution in [2.75, 3.05) is 0 Å². The average Bonchev–Trinajstić information content (AvgIpc) is 2.92. The number of halogens is 1. The number of nitrogens with one attached hydrogen (secondary N) is 1. The predicted molar refractivity (Wildman–Crippen MR) is 91.0 cm³/mol. The van der Waals surface area contributed by atoms with Crippen LogP contribution in [0.1, 0.15) is 36.5 Å². The number of aromatic nitrogens is 1. The highest BCUT2D eigenvalue weighted by molar-refractivity contribution is 7.18. The molecule has 2 atom stereocenters. The van der Waals surface area contributed by atoms with Crippen LogP contribution in [-0.2, 0) is 0 Å². The molecule has 0 radical (unpaired) electrons. The Hall–Kier alpha value is -1.42. The second-order valence-corrected chi connectivity index (χ2v) is 6.68. The summed E-state index contributed by atoms with van der Waals surface area (Å²) < 4.78 is 1.24. The highest BCUT2D eigenvalue weighted by Gasteiger charge is 2.14. The summed E-state index contributed by atoms with van der Waals surface area (Å²) >= 11 is 7.68. The van der Waals surface area contributed by atoms with Gasteiger partial charge in [-0.3, -0.25) is 0 Å². The van der Waals surface area contributed by atoms with Gasteiger partial charge in [0.15, 0.2) is 0 Å². The summed E-state index contributed by atoms with van der Waals surface area (Å²) in [6, 6.07) is 16.7. The second kappa shape index (κ2) is 6.14. The molecule has 2 unspecified atom stereocenters. The van der Waals surface area contributed by atoms with Gasteiger partial charge in [-0.25, -0.2) is 4.98 Å². The third kappa shape index (κ3) is 3.26. The monoisotopic (exact) mass is 316 g/mol. The third-order valence-electron chi connectivity index (χ3n) is 3.55. The first-order chi connectivity index (χ1) is 10.1. The summed E-state index contributed by atoms with van der Waals surface area (Å²) in [4.78, 5) is 4.71. The largest absolute Gasteiger partial charge is 0.302 e. The molecule has 4 heteroatoms. The van der Waals surface area contributed by atoms with Gasteiger partial charge in [0.1, 0.15) is 5.01 Å². The quantitative estimate of drug-likeness (QED) is 0.700. The van der Waals surface area contributed by atoms with E-state index in [-0.39, 0.29) is 12.1 Å². The van der Waals surface area contributed by atoms with Crippen molar-refractivity contribution in [2.45, 2.75) is 25.9 Å². The predicted octanol–water partition coefficient (Wildman–Crippen LogP) is 5.36. The molecule has 1 N–H and O–H groups in total. The molecule has 3 rings (SSSR count). The number of hydrogen-bond acceptors (Lipinski definition) is 3. The lowest BCUT2D eigenvalue weighted by Gasteiger charge is -2.18. The van der Waals surface area contributed by atoms with Crippen LogP contribution in [0.5, 0.6) is 0 Å². The van der Waals surface area contributed by atoms with Crippen LogP contribution in [0.4, 0.5) is 0 Å². The summed E-state index contributed by atoms with van der Waals surface area (Å²) in [7, 11) is 0. The summed E-state index contributed by atoms with van der Waals surface area (Å²) in [5, 5.41) is 5.49. The van der Waals surface area contributed by atoms with Crippen molar-refractivity contribution < 1.29 is 0 Å². The Kier molecular flexibility index (Phi) is 4.24. The number of rotatable bonds is 4. The lowest BCUT2D eigenvalue weighted by atomic mass is 10.1. The first kappa shape index (κ1) is 14.5. The molecule has 108 valence electrons. The smallest absolute Gasteiger partial charge is 0.111 e. The Morgan fingerprint density at radius 1 is 1.00 bits per heavy atom. The fourth-order valence-corrected chi connectivity index (χ4v) is 3.47. The number of thiazole rings is 1. The van der Waals surface area contributed by atoms with E-state index in [0.717, 1.165) is 15.5 Å². The number of benzene rings is 2. The van der Waals surface area contributed by atoms with Crippen molar-refractivity contribution in [1.29, 1.82) is 0 Å². The van der Waals surface area contributed by atoms with Crippen LogP contribution in [0.3, 0.4) is 0 Å². The zero-order valence-corrected chi connectivity index (χ0v) is 13.6. The minimum Gasteiger partial charge on any atom is -0.302 e. The van der Waals surface area contributed by atoms with Crippen LogP contribution in [-0.4, -0.2) is 4.98 Å². The van der Waals surface area contributed by atoms with Crippen molar-refractivity contribution in [3.63, 3.8) is 0 Å². The van der Waals surface area contributed by atoms with Gasteiger partial charge in [-0.2, -0.15) is 0 Å². The second-order valence-electron chi connectivity index (χ2n) is 5.18. The van der Waals surface area contributed by atoms with E-state index >= 15 is 0 Å². The van der Waals surface area contributed by atoms with E-state index in [1.165, 1.54) is 10.3 Å². The molecule has 0 aliphatic rings. The van der Waals surface area contributed by atoms with Crippen LogP contribution in [0.25, 0.3) is 10.2 Å². The molecule has 0 aliphatic heterocycles. The normalized spacial score (nSPS) is 14.2. The van der Waals surface area contributed by atoms with Gasteiger partial charge >= 0.3 is 0 Å².